The molecule has 1 saturated heterocycles. The Morgan fingerprint density at radius 3 is 2.52 bits per heavy atom. The Balaban J connectivity index is 2.11. The fraction of sp³-hybridized carbons (Fsp3) is 0.588. The molecule has 2 unspecified atom stereocenters. The lowest BCUT2D eigenvalue weighted by molar-refractivity contribution is -0.131. The summed E-state index contributed by atoms with van der Waals surface area (Å²) in [6.07, 6.45) is 1.03. The fourth-order valence-electron chi connectivity index (χ4n) is 3.00. The van der Waals surface area contributed by atoms with E-state index in [-0.39, 0.29) is 18.0 Å². The standard InChI is InChI=1S/C17H27N3O/c1-13(2)10-15(11-19(3)4)20-12-18-16(17(20)21)14-8-6-5-7-9-14/h5-9,13,15-16,18H,10-12H2,1-4H3. The number of likely N-dealkylation sites (N-methyl/N-ethyl adjacent to an activating group) is 1. The van der Waals surface area contributed by atoms with Gasteiger partial charge in [-0.2, -0.15) is 0 Å². The van der Waals surface area contributed by atoms with E-state index in [9.17, 15) is 4.79 Å². The Labute approximate surface area is 128 Å². The number of nitrogens with zero attached hydrogens (tertiary/aromatic N) is 2. The maximum Gasteiger partial charge on any atom is 0.245 e. The molecule has 1 heterocycles. The molecule has 1 aromatic rings. The molecule has 1 aromatic carbocycles. The summed E-state index contributed by atoms with van der Waals surface area (Å²) in [5.74, 6) is 0.784. The molecule has 0 spiro atoms. The van der Waals surface area contributed by atoms with Crippen molar-refractivity contribution in [3.05, 3.63) is 35.9 Å². The van der Waals surface area contributed by atoms with E-state index in [1.807, 2.05) is 35.2 Å². The predicted octanol–water partition coefficient (Wildman–Crippen LogP) is 2.09. The summed E-state index contributed by atoms with van der Waals surface area (Å²) in [5, 5.41) is 3.36. The molecular formula is C17H27N3O. The molecule has 1 aliphatic heterocycles. The third-order valence-corrected chi connectivity index (χ3v) is 3.89. The van der Waals surface area contributed by atoms with E-state index in [1.54, 1.807) is 0 Å². The molecule has 1 aliphatic rings. The number of amides is 1. The van der Waals surface area contributed by atoms with Gasteiger partial charge in [0.25, 0.3) is 0 Å². The first-order chi connectivity index (χ1) is 9.99. The largest absolute Gasteiger partial charge is 0.324 e. The van der Waals surface area contributed by atoms with Crippen LogP contribution in [0.1, 0.15) is 31.9 Å². The van der Waals surface area contributed by atoms with Crippen molar-refractivity contribution in [1.29, 1.82) is 0 Å². The van der Waals surface area contributed by atoms with Crippen molar-refractivity contribution in [2.75, 3.05) is 27.3 Å². The molecule has 1 fully saturated rings. The van der Waals surface area contributed by atoms with Gasteiger partial charge >= 0.3 is 0 Å². The minimum atomic E-state index is -0.192. The van der Waals surface area contributed by atoms with Crippen LogP contribution in [0.4, 0.5) is 0 Å². The van der Waals surface area contributed by atoms with Gasteiger partial charge in [0.1, 0.15) is 6.04 Å². The van der Waals surface area contributed by atoms with Crippen molar-refractivity contribution in [2.24, 2.45) is 5.92 Å². The fourth-order valence-corrected chi connectivity index (χ4v) is 3.00. The van der Waals surface area contributed by atoms with E-state index in [0.29, 0.717) is 12.6 Å². The lowest BCUT2D eigenvalue weighted by Gasteiger charge is -2.31. The second-order valence-electron chi connectivity index (χ2n) is 6.56. The van der Waals surface area contributed by atoms with E-state index in [4.69, 9.17) is 0 Å². The van der Waals surface area contributed by atoms with Crippen molar-refractivity contribution >= 4 is 5.91 Å². The van der Waals surface area contributed by atoms with Crippen LogP contribution in [0.15, 0.2) is 30.3 Å². The van der Waals surface area contributed by atoms with E-state index in [0.717, 1.165) is 18.5 Å². The average molecular weight is 289 g/mol. The molecule has 0 bridgehead atoms. The van der Waals surface area contributed by atoms with Gasteiger partial charge < -0.3 is 9.80 Å². The van der Waals surface area contributed by atoms with Crippen LogP contribution in [0.3, 0.4) is 0 Å². The molecule has 2 atom stereocenters. The van der Waals surface area contributed by atoms with Gasteiger partial charge in [0.2, 0.25) is 5.91 Å². The van der Waals surface area contributed by atoms with Crippen molar-refractivity contribution < 1.29 is 4.79 Å². The Morgan fingerprint density at radius 1 is 1.29 bits per heavy atom. The topological polar surface area (TPSA) is 35.6 Å². The molecule has 1 N–H and O–H groups in total. The molecule has 0 aliphatic carbocycles. The van der Waals surface area contributed by atoms with Gasteiger partial charge in [-0.1, -0.05) is 44.2 Å². The molecule has 116 valence electrons. The number of carbonyl (C=O) groups excluding carboxylic acids is 1. The third-order valence-electron chi connectivity index (χ3n) is 3.89. The average Bonchev–Trinajstić information content (AvgIpc) is 2.80. The minimum Gasteiger partial charge on any atom is -0.324 e. The van der Waals surface area contributed by atoms with E-state index in [2.05, 4.69) is 38.2 Å². The number of hydrogen-bond acceptors (Lipinski definition) is 3. The van der Waals surface area contributed by atoms with Gasteiger partial charge in [0.05, 0.1) is 6.67 Å². The maximum atomic E-state index is 12.8. The first kappa shape index (κ1) is 16.0. The first-order valence-corrected chi connectivity index (χ1v) is 7.72. The van der Waals surface area contributed by atoms with Gasteiger partial charge in [-0.25, -0.2) is 0 Å². The van der Waals surface area contributed by atoms with Crippen LogP contribution in [0.25, 0.3) is 0 Å². The summed E-state index contributed by atoms with van der Waals surface area (Å²) in [7, 11) is 4.13. The summed E-state index contributed by atoms with van der Waals surface area (Å²) in [4.78, 5) is 16.9. The maximum absolute atomic E-state index is 12.8. The van der Waals surface area contributed by atoms with Crippen LogP contribution in [0, 0.1) is 5.92 Å². The van der Waals surface area contributed by atoms with Gasteiger partial charge in [-0.3, -0.25) is 10.1 Å². The molecule has 4 heteroatoms. The van der Waals surface area contributed by atoms with Gasteiger partial charge in [0, 0.05) is 12.6 Å². The minimum absolute atomic E-state index is 0.192. The zero-order valence-electron chi connectivity index (χ0n) is 13.5. The zero-order chi connectivity index (χ0) is 15.4. The Hall–Kier alpha value is -1.39. The molecule has 0 radical (unpaired) electrons. The third kappa shape index (κ3) is 4.05. The molecule has 2 rings (SSSR count). The first-order valence-electron chi connectivity index (χ1n) is 7.72. The van der Waals surface area contributed by atoms with E-state index >= 15 is 0 Å². The molecule has 1 amide bonds. The van der Waals surface area contributed by atoms with Crippen LogP contribution in [0.5, 0.6) is 0 Å². The summed E-state index contributed by atoms with van der Waals surface area (Å²) >= 11 is 0. The highest BCUT2D eigenvalue weighted by molar-refractivity contribution is 5.85. The Kier molecular flexibility index (Phi) is 5.37. The highest BCUT2D eigenvalue weighted by atomic mass is 16.2. The smallest absolute Gasteiger partial charge is 0.245 e. The van der Waals surface area contributed by atoms with Crippen LogP contribution in [-0.2, 0) is 4.79 Å². The Morgan fingerprint density at radius 2 is 1.95 bits per heavy atom. The van der Waals surface area contributed by atoms with E-state index in [1.165, 1.54) is 0 Å². The number of nitrogens with one attached hydrogen (secondary N) is 1. The van der Waals surface area contributed by atoms with Crippen LogP contribution >= 0.6 is 0 Å². The van der Waals surface area contributed by atoms with Crippen molar-refractivity contribution in [3.63, 3.8) is 0 Å². The lowest BCUT2D eigenvalue weighted by Crippen LogP contribution is -2.44. The molecule has 4 nitrogen and oxygen atoms in total. The van der Waals surface area contributed by atoms with Gasteiger partial charge in [0.15, 0.2) is 0 Å². The normalized spacial score (nSPS) is 20.6. The summed E-state index contributed by atoms with van der Waals surface area (Å²) in [6, 6.07) is 10.1. The SMILES string of the molecule is CC(C)CC(CN(C)C)N1CNC(c2ccccc2)C1=O. The number of hydrogen-bond donors (Lipinski definition) is 1. The molecule has 0 aromatic heterocycles. The van der Waals surface area contributed by atoms with Gasteiger partial charge in [-0.15, -0.1) is 0 Å². The van der Waals surface area contributed by atoms with Crippen LogP contribution in [-0.4, -0.2) is 49.1 Å². The summed E-state index contributed by atoms with van der Waals surface area (Å²) in [6.45, 7) is 5.98. The molecule has 21 heavy (non-hydrogen) atoms. The lowest BCUT2D eigenvalue weighted by atomic mass is 10.0. The second kappa shape index (κ2) is 7.05. The number of benzene rings is 1. The second-order valence-corrected chi connectivity index (χ2v) is 6.56. The Bertz CT molecular complexity index is 448. The van der Waals surface area contributed by atoms with Gasteiger partial charge in [-0.05, 0) is 32.0 Å². The highest BCUT2D eigenvalue weighted by Crippen LogP contribution is 2.24. The zero-order valence-corrected chi connectivity index (χ0v) is 13.5. The van der Waals surface area contributed by atoms with Crippen molar-refractivity contribution in [1.82, 2.24) is 15.1 Å². The van der Waals surface area contributed by atoms with Crippen molar-refractivity contribution in [2.45, 2.75) is 32.4 Å². The van der Waals surface area contributed by atoms with Crippen LogP contribution in [0.2, 0.25) is 0 Å². The van der Waals surface area contributed by atoms with Crippen molar-refractivity contribution in [3.8, 4) is 0 Å². The summed E-state index contributed by atoms with van der Waals surface area (Å²) < 4.78 is 0. The monoisotopic (exact) mass is 289 g/mol. The molecule has 0 saturated carbocycles. The predicted molar refractivity (Wildman–Crippen MR) is 85.8 cm³/mol. The number of carbonyl (C=O) groups is 1. The quantitative estimate of drug-likeness (QED) is 0.871. The number of rotatable bonds is 6. The summed E-state index contributed by atoms with van der Waals surface area (Å²) in [5.41, 5.74) is 1.05. The highest BCUT2D eigenvalue weighted by Gasteiger charge is 2.36. The molecular weight excluding hydrogens is 262 g/mol. The van der Waals surface area contributed by atoms with Crippen LogP contribution < -0.4 is 5.32 Å². The van der Waals surface area contributed by atoms with E-state index < -0.39 is 0 Å².